The number of aromatic nitrogens is 2. The van der Waals surface area contributed by atoms with Gasteiger partial charge in [0.05, 0.1) is 17.1 Å². The van der Waals surface area contributed by atoms with E-state index in [4.69, 9.17) is 0 Å². The molecule has 2 rings (SSSR count). The van der Waals surface area contributed by atoms with Gasteiger partial charge in [-0.05, 0) is 32.0 Å². The Morgan fingerprint density at radius 2 is 2.00 bits per heavy atom. The van der Waals surface area contributed by atoms with Gasteiger partial charge in [-0.1, -0.05) is 12.1 Å². The highest BCUT2D eigenvalue weighted by Gasteiger charge is 2.08. The summed E-state index contributed by atoms with van der Waals surface area (Å²) >= 11 is 0. The summed E-state index contributed by atoms with van der Waals surface area (Å²) in [6, 6.07) is 9.63. The van der Waals surface area contributed by atoms with Crippen LogP contribution in [0.4, 0.5) is 5.69 Å². The summed E-state index contributed by atoms with van der Waals surface area (Å²) < 4.78 is 1.83. The van der Waals surface area contributed by atoms with E-state index in [1.165, 1.54) is 6.92 Å². The Labute approximate surface area is 100 Å². The van der Waals surface area contributed by atoms with E-state index in [0.717, 1.165) is 22.8 Å². The zero-order chi connectivity index (χ0) is 12.4. The van der Waals surface area contributed by atoms with Crippen molar-refractivity contribution >= 4 is 11.6 Å². The highest BCUT2D eigenvalue weighted by atomic mass is 16.1. The molecular weight excluding hydrogens is 214 g/mol. The number of anilines is 1. The Bertz CT molecular complexity index is 558. The Morgan fingerprint density at radius 3 is 2.59 bits per heavy atom. The molecular formula is C13H15N3O. The fourth-order valence-corrected chi connectivity index (χ4v) is 1.83. The van der Waals surface area contributed by atoms with E-state index >= 15 is 0 Å². The molecule has 88 valence electrons. The number of para-hydroxylation sites is 2. The first kappa shape index (κ1) is 11.4. The zero-order valence-electron chi connectivity index (χ0n) is 10.2. The molecule has 0 unspecified atom stereocenters. The van der Waals surface area contributed by atoms with Crippen molar-refractivity contribution in [2.45, 2.75) is 20.8 Å². The quantitative estimate of drug-likeness (QED) is 0.859. The second-order valence-electron chi connectivity index (χ2n) is 4.04. The van der Waals surface area contributed by atoms with Crippen molar-refractivity contribution in [3.05, 3.63) is 41.7 Å². The van der Waals surface area contributed by atoms with E-state index in [1.807, 2.05) is 48.9 Å². The molecule has 0 fully saturated rings. The topological polar surface area (TPSA) is 46.9 Å². The summed E-state index contributed by atoms with van der Waals surface area (Å²) in [5.41, 5.74) is 3.65. The van der Waals surface area contributed by atoms with Crippen LogP contribution in [0.5, 0.6) is 0 Å². The van der Waals surface area contributed by atoms with Crippen LogP contribution in [0.3, 0.4) is 0 Å². The van der Waals surface area contributed by atoms with Crippen LogP contribution in [-0.2, 0) is 4.79 Å². The number of benzene rings is 1. The van der Waals surface area contributed by atoms with Crippen LogP contribution in [0, 0.1) is 13.8 Å². The summed E-state index contributed by atoms with van der Waals surface area (Å²) in [5.74, 6) is -0.0843. The third-order valence-electron chi connectivity index (χ3n) is 2.45. The lowest BCUT2D eigenvalue weighted by Crippen LogP contribution is -2.10. The van der Waals surface area contributed by atoms with Crippen LogP contribution < -0.4 is 5.32 Å². The summed E-state index contributed by atoms with van der Waals surface area (Å²) in [7, 11) is 0. The van der Waals surface area contributed by atoms with Crippen LogP contribution in [0.15, 0.2) is 30.3 Å². The first-order chi connectivity index (χ1) is 8.08. The van der Waals surface area contributed by atoms with Gasteiger partial charge in [-0.15, -0.1) is 0 Å². The Hall–Kier alpha value is -2.10. The van der Waals surface area contributed by atoms with E-state index in [0.29, 0.717) is 0 Å². The van der Waals surface area contributed by atoms with Crippen LogP contribution in [-0.4, -0.2) is 15.7 Å². The molecule has 1 N–H and O–H groups in total. The number of aryl methyl sites for hydroxylation is 2. The average molecular weight is 229 g/mol. The number of carbonyl (C=O) groups is 1. The van der Waals surface area contributed by atoms with Gasteiger partial charge in [-0.3, -0.25) is 4.79 Å². The second-order valence-corrected chi connectivity index (χ2v) is 4.04. The van der Waals surface area contributed by atoms with Crippen LogP contribution in [0.25, 0.3) is 5.69 Å². The lowest BCUT2D eigenvalue weighted by atomic mass is 10.2. The van der Waals surface area contributed by atoms with Crippen molar-refractivity contribution in [1.82, 2.24) is 9.78 Å². The monoisotopic (exact) mass is 229 g/mol. The number of hydrogen-bond donors (Lipinski definition) is 1. The molecule has 1 amide bonds. The van der Waals surface area contributed by atoms with Crippen molar-refractivity contribution in [2.24, 2.45) is 0 Å². The van der Waals surface area contributed by atoms with Crippen molar-refractivity contribution in [3.8, 4) is 5.69 Å². The maximum Gasteiger partial charge on any atom is 0.221 e. The van der Waals surface area contributed by atoms with Crippen molar-refractivity contribution in [2.75, 3.05) is 5.32 Å². The SMILES string of the molecule is CC(=O)Nc1ccccc1-n1nc(C)cc1C. The Balaban J connectivity index is 2.51. The average Bonchev–Trinajstić information content (AvgIpc) is 2.58. The number of hydrogen-bond acceptors (Lipinski definition) is 2. The van der Waals surface area contributed by atoms with Gasteiger partial charge in [0.25, 0.3) is 0 Å². The van der Waals surface area contributed by atoms with Gasteiger partial charge in [0, 0.05) is 12.6 Å². The van der Waals surface area contributed by atoms with Gasteiger partial charge in [0.15, 0.2) is 0 Å². The molecule has 1 aromatic heterocycles. The van der Waals surface area contributed by atoms with Crippen molar-refractivity contribution in [1.29, 1.82) is 0 Å². The molecule has 4 nitrogen and oxygen atoms in total. The molecule has 0 aliphatic rings. The van der Waals surface area contributed by atoms with E-state index < -0.39 is 0 Å². The minimum Gasteiger partial charge on any atom is -0.324 e. The smallest absolute Gasteiger partial charge is 0.221 e. The van der Waals surface area contributed by atoms with E-state index in [-0.39, 0.29) is 5.91 Å². The van der Waals surface area contributed by atoms with Crippen molar-refractivity contribution in [3.63, 3.8) is 0 Å². The maximum absolute atomic E-state index is 11.1. The van der Waals surface area contributed by atoms with E-state index in [1.54, 1.807) is 0 Å². The summed E-state index contributed by atoms with van der Waals surface area (Å²) in [6.45, 7) is 5.44. The predicted molar refractivity (Wildman–Crippen MR) is 67.3 cm³/mol. The number of carbonyl (C=O) groups excluding carboxylic acids is 1. The number of nitrogens with one attached hydrogen (secondary N) is 1. The largest absolute Gasteiger partial charge is 0.324 e. The minimum absolute atomic E-state index is 0.0843. The number of rotatable bonds is 2. The molecule has 0 saturated carbocycles. The van der Waals surface area contributed by atoms with Crippen LogP contribution in [0.2, 0.25) is 0 Å². The third-order valence-corrected chi connectivity index (χ3v) is 2.45. The number of nitrogens with zero attached hydrogens (tertiary/aromatic N) is 2. The highest BCUT2D eigenvalue weighted by molar-refractivity contribution is 5.91. The third kappa shape index (κ3) is 2.36. The van der Waals surface area contributed by atoms with Gasteiger partial charge in [-0.2, -0.15) is 5.10 Å². The van der Waals surface area contributed by atoms with Gasteiger partial charge in [0.1, 0.15) is 0 Å². The molecule has 2 aromatic rings. The van der Waals surface area contributed by atoms with E-state index in [2.05, 4.69) is 10.4 Å². The molecule has 4 heteroatoms. The highest BCUT2D eigenvalue weighted by Crippen LogP contribution is 2.21. The molecule has 17 heavy (non-hydrogen) atoms. The molecule has 0 aliphatic heterocycles. The zero-order valence-corrected chi connectivity index (χ0v) is 10.2. The molecule has 1 heterocycles. The minimum atomic E-state index is -0.0843. The standard InChI is InChI=1S/C13H15N3O/c1-9-8-10(2)16(15-9)13-7-5-4-6-12(13)14-11(3)17/h4-8H,1-3H3,(H,14,17). The first-order valence-electron chi connectivity index (χ1n) is 5.48. The molecule has 0 atom stereocenters. The molecule has 0 radical (unpaired) electrons. The molecule has 1 aromatic carbocycles. The second kappa shape index (κ2) is 4.41. The Kier molecular flexibility index (Phi) is 2.95. The van der Waals surface area contributed by atoms with Gasteiger partial charge < -0.3 is 5.32 Å². The fraction of sp³-hybridized carbons (Fsp3) is 0.231. The predicted octanol–water partition coefficient (Wildman–Crippen LogP) is 2.45. The van der Waals surface area contributed by atoms with Gasteiger partial charge in [0.2, 0.25) is 5.91 Å². The van der Waals surface area contributed by atoms with Crippen LogP contribution >= 0.6 is 0 Å². The molecule has 0 spiro atoms. The molecule has 0 bridgehead atoms. The van der Waals surface area contributed by atoms with Gasteiger partial charge in [-0.25, -0.2) is 4.68 Å². The Morgan fingerprint density at radius 1 is 1.29 bits per heavy atom. The summed E-state index contributed by atoms with van der Waals surface area (Å²) in [5, 5.41) is 7.22. The lowest BCUT2D eigenvalue weighted by Gasteiger charge is -2.11. The maximum atomic E-state index is 11.1. The number of amides is 1. The van der Waals surface area contributed by atoms with Crippen molar-refractivity contribution < 1.29 is 4.79 Å². The molecule has 0 saturated heterocycles. The molecule has 0 aliphatic carbocycles. The first-order valence-corrected chi connectivity index (χ1v) is 5.48. The summed E-state index contributed by atoms with van der Waals surface area (Å²) in [4.78, 5) is 11.1. The summed E-state index contributed by atoms with van der Waals surface area (Å²) in [6.07, 6.45) is 0. The van der Waals surface area contributed by atoms with Gasteiger partial charge >= 0.3 is 0 Å². The van der Waals surface area contributed by atoms with E-state index in [9.17, 15) is 4.79 Å². The lowest BCUT2D eigenvalue weighted by molar-refractivity contribution is -0.114. The fourth-order valence-electron chi connectivity index (χ4n) is 1.83. The van der Waals surface area contributed by atoms with Crippen LogP contribution in [0.1, 0.15) is 18.3 Å². The normalized spacial score (nSPS) is 10.3.